The van der Waals surface area contributed by atoms with Crippen LogP contribution in [0.25, 0.3) is 0 Å². The molecular formula is C14H22Si. The van der Waals surface area contributed by atoms with Crippen molar-refractivity contribution < 1.29 is 0 Å². The van der Waals surface area contributed by atoms with Gasteiger partial charge in [-0.1, -0.05) is 56.9 Å². The van der Waals surface area contributed by atoms with E-state index < -0.39 is 8.07 Å². The third-order valence-electron chi connectivity index (χ3n) is 1.80. The molecule has 82 valence electrons. The van der Waals surface area contributed by atoms with Crippen LogP contribution in [-0.4, -0.2) is 8.07 Å². The molecule has 1 heteroatoms. The highest BCUT2D eigenvalue weighted by Crippen LogP contribution is 2.00. The lowest BCUT2D eigenvalue weighted by Gasteiger charge is -2.05. The topological polar surface area (TPSA) is 0 Å². The van der Waals surface area contributed by atoms with E-state index in [2.05, 4.69) is 55.9 Å². The van der Waals surface area contributed by atoms with E-state index in [1.54, 1.807) is 0 Å². The van der Waals surface area contributed by atoms with Gasteiger partial charge in [-0.05, 0) is 24.3 Å². The Labute approximate surface area is 96.2 Å². The molecule has 0 aliphatic heterocycles. The second-order valence-corrected chi connectivity index (χ2v) is 9.79. The molecule has 15 heavy (non-hydrogen) atoms. The maximum Gasteiger partial charge on any atom is 0.0695 e. The number of hydrogen-bond acceptors (Lipinski definition) is 0. The van der Waals surface area contributed by atoms with Crippen LogP contribution in [0.15, 0.2) is 11.8 Å². The van der Waals surface area contributed by atoms with Crippen LogP contribution in [0.2, 0.25) is 19.6 Å². The number of unbranched alkanes of at least 4 members (excludes halogenated alkanes) is 3. The minimum atomic E-state index is -1.07. The fourth-order valence-electron chi connectivity index (χ4n) is 0.940. The van der Waals surface area contributed by atoms with E-state index in [9.17, 15) is 0 Å². The third kappa shape index (κ3) is 13.1. The molecule has 0 aliphatic rings. The summed E-state index contributed by atoms with van der Waals surface area (Å²) < 4.78 is 0. The standard InChI is InChI=1S/C14H22Si/c1-5-6-7-8-9-10-11-12-13-14-15(2,3)4/h13-14H,5-8H2,1-4H3. The van der Waals surface area contributed by atoms with E-state index in [4.69, 9.17) is 0 Å². The van der Waals surface area contributed by atoms with Gasteiger partial charge in [-0.15, -0.1) is 0 Å². The molecule has 0 bridgehead atoms. The molecule has 0 aromatic rings. The van der Waals surface area contributed by atoms with E-state index in [0.717, 1.165) is 6.42 Å². The summed E-state index contributed by atoms with van der Waals surface area (Å²) in [5.74, 6) is 11.8. The number of rotatable bonds is 4. The second-order valence-electron chi connectivity index (χ2n) is 4.73. The van der Waals surface area contributed by atoms with Gasteiger partial charge in [0.25, 0.3) is 0 Å². The summed E-state index contributed by atoms with van der Waals surface area (Å²) in [5.41, 5.74) is 2.23. The van der Waals surface area contributed by atoms with Gasteiger partial charge in [0.15, 0.2) is 0 Å². The molecule has 0 saturated carbocycles. The minimum Gasteiger partial charge on any atom is -0.0891 e. The Morgan fingerprint density at radius 2 is 1.80 bits per heavy atom. The molecule has 0 fully saturated rings. The van der Waals surface area contributed by atoms with Gasteiger partial charge in [0.05, 0.1) is 8.07 Å². The zero-order chi connectivity index (χ0) is 11.6. The third-order valence-corrected chi connectivity index (χ3v) is 2.96. The van der Waals surface area contributed by atoms with E-state index in [1.165, 1.54) is 19.3 Å². The van der Waals surface area contributed by atoms with Gasteiger partial charge in [-0.3, -0.25) is 0 Å². The summed E-state index contributed by atoms with van der Waals surface area (Å²) >= 11 is 0. The Hall–Kier alpha value is -0.923. The normalized spacial score (nSPS) is 10.4. The molecule has 0 saturated heterocycles. The molecule has 0 aromatic heterocycles. The first kappa shape index (κ1) is 14.1. The van der Waals surface area contributed by atoms with Crippen molar-refractivity contribution in [3.05, 3.63) is 11.8 Å². The Kier molecular flexibility index (Phi) is 7.87. The average molecular weight is 218 g/mol. The molecule has 0 nitrogen and oxygen atoms in total. The molecule has 0 aromatic carbocycles. The monoisotopic (exact) mass is 218 g/mol. The van der Waals surface area contributed by atoms with E-state index in [0.29, 0.717) is 0 Å². The molecule has 0 heterocycles. The molecule has 0 N–H and O–H groups in total. The van der Waals surface area contributed by atoms with E-state index in [-0.39, 0.29) is 0 Å². The lowest BCUT2D eigenvalue weighted by molar-refractivity contribution is 0.737. The number of hydrogen-bond donors (Lipinski definition) is 0. The van der Waals surface area contributed by atoms with Crippen LogP contribution in [0.3, 0.4) is 0 Å². The largest absolute Gasteiger partial charge is 0.0891 e. The van der Waals surface area contributed by atoms with Crippen molar-refractivity contribution in [1.82, 2.24) is 0 Å². The van der Waals surface area contributed by atoms with Crippen LogP contribution in [0.4, 0.5) is 0 Å². The molecular weight excluding hydrogens is 196 g/mol. The second kappa shape index (κ2) is 8.39. The van der Waals surface area contributed by atoms with Crippen molar-refractivity contribution in [1.29, 1.82) is 0 Å². The van der Waals surface area contributed by atoms with Gasteiger partial charge in [0.2, 0.25) is 0 Å². The summed E-state index contributed by atoms with van der Waals surface area (Å²) in [6.07, 6.45) is 6.67. The SMILES string of the molecule is CCCCCC#CC#CC=C[Si](C)(C)C. The van der Waals surface area contributed by atoms with Gasteiger partial charge in [0, 0.05) is 6.42 Å². The van der Waals surface area contributed by atoms with Gasteiger partial charge in [-0.2, -0.15) is 0 Å². The van der Waals surface area contributed by atoms with Crippen LogP contribution in [0.1, 0.15) is 32.6 Å². The lowest BCUT2D eigenvalue weighted by atomic mass is 10.2. The molecule has 0 radical (unpaired) electrons. The first-order chi connectivity index (χ1) is 7.06. The molecule has 0 atom stereocenters. The predicted molar refractivity (Wildman–Crippen MR) is 72.2 cm³/mol. The Bertz CT molecular complexity index is 296. The molecule has 0 spiro atoms. The van der Waals surface area contributed by atoms with Crippen molar-refractivity contribution in [3.8, 4) is 23.7 Å². The van der Waals surface area contributed by atoms with E-state index >= 15 is 0 Å². The highest BCUT2D eigenvalue weighted by molar-refractivity contribution is 6.81. The highest BCUT2D eigenvalue weighted by Gasteiger charge is 2.05. The predicted octanol–water partition coefficient (Wildman–Crippen LogP) is 4.01. The van der Waals surface area contributed by atoms with Crippen LogP contribution >= 0.6 is 0 Å². The van der Waals surface area contributed by atoms with Crippen LogP contribution in [0.5, 0.6) is 0 Å². The maximum absolute atomic E-state index is 3.07. The van der Waals surface area contributed by atoms with Gasteiger partial charge in [0.1, 0.15) is 0 Å². The summed E-state index contributed by atoms with van der Waals surface area (Å²) in [6.45, 7) is 9.08. The van der Waals surface area contributed by atoms with Crippen molar-refractivity contribution >= 4 is 8.07 Å². The molecule has 0 amide bonds. The number of allylic oxidation sites excluding steroid dienone is 1. The summed E-state index contributed by atoms with van der Waals surface area (Å²) in [4.78, 5) is 0. The first-order valence-electron chi connectivity index (χ1n) is 5.72. The van der Waals surface area contributed by atoms with Gasteiger partial charge >= 0.3 is 0 Å². The van der Waals surface area contributed by atoms with Crippen molar-refractivity contribution in [2.75, 3.05) is 0 Å². The summed E-state index contributed by atoms with van der Waals surface area (Å²) in [6, 6.07) is 0. The van der Waals surface area contributed by atoms with Gasteiger partial charge < -0.3 is 0 Å². The van der Waals surface area contributed by atoms with Gasteiger partial charge in [-0.25, -0.2) is 0 Å². The van der Waals surface area contributed by atoms with Crippen LogP contribution < -0.4 is 0 Å². The van der Waals surface area contributed by atoms with Crippen molar-refractivity contribution in [2.45, 2.75) is 52.2 Å². The zero-order valence-electron chi connectivity index (χ0n) is 10.5. The molecule has 0 unspecified atom stereocenters. The van der Waals surface area contributed by atoms with Crippen LogP contribution in [-0.2, 0) is 0 Å². The lowest BCUT2D eigenvalue weighted by Crippen LogP contribution is -2.14. The molecule has 0 aliphatic carbocycles. The quantitative estimate of drug-likeness (QED) is 0.380. The zero-order valence-corrected chi connectivity index (χ0v) is 11.5. The first-order valence-corrected chi connectivity index (χ1v) is 9.30. The fourth-order valence-corrected chi connectivity index (χ4v) is 1.52. The maximum atomic E-state index is 3.07. The van der Waals surface area contributed by atoms with Crippen molar-refractivity contribution in [2.24, 2.45) is 0 Å². The Morgan fingerprint density at radius 1 is 1.07 bits per heavy atom. The van der Waals surface area contributed by atoms with Crippen molar-refractivity contribution in [3.63, 3.8) is 0 Å². The smallest absolute Gasteiger partial charge is 0.0695 e. The average Bonchev–Trinajstić information content (AvgIpc) is 2.14. The minimum absolute atomic E-state index is 0.986. The fraction of sp³-hybridized carbons (Fsp3) is 0.571. The summed E-state index contributed by atoms with van der Waals surface area (Å²) in [5, 5.41) is 0. The highest BCUT2D eigenvalue weighted by atomic mass is 28.3. The summed E-state index contributed by atoms with van der Waals surface area (Å²) in [7, 11) is -1.07. The Balaban J connectivity index is 3.75. The Morgan fingerprint density at radius 3 is 2.40 bits per heavy atom. The molecule has 0 rings (SSSR count). The van der Waals surface area contributed by atoms with Crippen LogP contribution in [0, 0.1) is 23.7 Å². The van der Waals surface area contributed by atoms with E-state index in [1.807, 2.05) is 6.08 Å².